The van der Waals surface area contributed by atoms with Crippen LogP contribution in [0.5, 0.6) is 28.7 Å². The second kappa shape index (κ2) is 31.2. The molecule has 0 saturated carbocycles. The molecule has 9 nitrogen and oxygen atoms in total. The van der Waals surface area contributed by atoms with Gasteiger partial charge in [0.2, 0.25) is 0 Å². The SMILES string of the molecule is CCCCCCCCCCCCOc1ccc(C(=O)Oc2ccc(C(=O)Oc3cc(-c4ccccc4)ccc3OC(=O)c3ccc(OCCCCCCCCCCC[Si](C)(C)O[Si](C)(C)C)cc3)cc2)cc1. The van der Waals surface area contributed by atoms with Crippen LogP contribution in [0.2, 0.25) is 38.8 Å². The van der Waals surface area contributed by atoms with Crippen LogP contribution in [0, 0.1) is 0 Å². The zero-order valence-corrected chi connectivity index (χ0v) is 46.3. The molecule has 5 aromatic carbocycles. The van der Waals surface area contributed by atoms with E-state index in [-0.39, 0.29) is 22.8 Å². The predicted molar refractivity (Wildman–Crippen MR) is 297 cm³/mol. The monoisotopic (exact) mass is 1010 g/mol. The van der Waals surface area contributed by atoms with Crippen molar-refractivity contribution < 1.29 is 42.2 Å². The van der Waals surface area contributed by atoms with Gasteiger partial charge >= 0.3 is 17.9 Å². The molecule has 0 bridgehead atoms. The molecule has 0 saturated heterocycles. The van der Waals surface area contributed by atoms with E-state index in [0.717, 1.165) is 36.8 Å². The highest BCUT2D eigenvalue weighted by molar-refractivity contribution is 6.84. The van der Waals surface area contributed by atoms with E-state index in [4.69, 9.17) is 27.8 Å². The van der Waals surface area contributed by atoms with Crippen molar-refractivity contribution in [1.29, 1.82) is 0 Å². The topological polar surface area (TPSA) is 107 Å². The van der Waals surface area contributed by atoms with Crippen LogP contribution in [0.1, 0.15) is 160 Å². The lowest BCUT2D eigenvalue weighted by molar-refractivity contribution is 0.0682. The van der Waals surface area contributed by atoms with E-state index in [1.807, 2.05) is 36.4 Å². The van der Waals surface area contributed by atoms with Crippen LogP contribution in [0.3, 0.4) is 0 Å². The van der Waals surface area contributed by atoms with E-state index < -0.39 is 34.5 Å². The number of carbonyl (C=O) groups is 3. The normalized spacial score (nSPS) is 11.5. The van der Waals surface area contributed by atoms with E-state index in [9.17, 15) is 14.4 Å². The maximum atomic E-state index is 13.6. The molecule has 5 rings (SSSR count). The number of ether oxygens (including phenoxy) is 5. The third-order valence-corrected chi connectivity index (χ3v) is 18.7. The lowest BCUT2D eigenvalue weighted by Gasteiger charge is -2.31. The minimum Gasteiger partial charge on any atom is -0.494 e. The minimum absolute atomic E-state index is 0.0744. The first-order chi connectivity index (χ1) is 34.8. The molecule has 0 aliphatic rings. The molecule has 0 atom stereocenters. The fourth-order valence-electron chi connectivity index (χ4n) is 8.74. The molecule has 0 aliphatic heterocycles. The summed E-state index contributed by atoms with van der Waals surface area (Å²) in [5.74, 6) is 0.00263. The van der Waals surface area contributed by atoms with Crippen molar-refractivity contribution in [2.75, 3.05) is 13.2 Å². The Morgan fingerprint density at radius 2 is 0.792 bits per heavy atom. The summed E-state index contributed by atoms with van der Waals surface area (Å²) in [6, 6.07) is 35.9. The van der Waals surface area contributed by atoms with Gasteiger partial charge in [-0.2, -0.15) is 0 Å². The van der Waals surface area contributed by atoms with Crippen molar-refractivity contribution in [2.45, 2.75) is 168 Å². The van der Waals surface area contributed by atoms with Crippen molar-refractivity contribution >= 4 is 34.5 Å². The van der Waals surface area contributed by atoms with Gasteiger partial charge in [0.25, 0.3) is 0 Å². The zero-order chi connectivity index (χ0) is 51.4. The number of hydrogen-bond donors (Lipinski definition) is 0. The van der Waals surface area contributed by atoms with Crippen LogP contribution in [0.25, 0.3) is 11.1 Å². The number of unbranched alkanes of at least 4 members (excludes halogenated alkanes) is 17. The largest absolute Gasteiger partial charge is 0.494 e. The van der Waals surface area contributed by atoms with E-state index >= 15 is 0 Å². The molecule has 0 N–H and O–H groups in total. The lowest BCUT2D eigenvalue weighted by Crippen LogP contribution is -2.42. The maximum absolute atomic E-state index is 13.6. The van der Waals surface area contributed by atoms with Crippen molar-refractivity contribution in [3.8, 4) is 39.9 Å². The molecule has 0 fully saturated rings. The van der Waals surface area contributed by atoms with E-state index in [0.29, 0.717) is 35.8 Å². The van der Waals surface area contributed by atoms with Crippen LogP contribution >= 0.6 is 0 Å². The van der Waals surface area contributed by atoms with Gasteiger partial charge in [-0.3, -0.25) is 0 Å². The minimum atomic E-state index is -1.52. The van der Waals surface area contributed by atoms with Gasteiger partial charge in [-0.1, -0.05) is 152 Å². The van der Waals surface area contributed by atoms with Crippen LogP contribution in [-0.4, -0.2) is 47.8 Å². The van der Waals surface area contributed by atoms with Crippen LogP contribution in [0.15, 0.2) is 121 Å². The average molecular weight is 1020 g/mol. The third-order valence-electron chi connectivity index (χ3n) is 12.5. The van der Waals surface area contributed by atoms with Crippen LogP contribution < -0.4 is 23.7 Å². The van der Waals surface area contributed by atoms with E-state index in [1.165, 1.54) is 127 Å². The van der Waals surface area contributed by atoms with Crippen molar-refractivity contribution in [3.05, 3.63) is 138 Å². The highest BCUT2D eigenvalue weighted by Gasteiger charge is 2.29. The second-order valence-corrected chi connectivity index (χ2v) is 29.6. The Balaban J connectivity index is 1.04. The average Bonchev–Trinajstić information content (AvgIpc) is 3.36. The van der Waals surface area contributed by atoms with Gasteiger partial charge in [-0.05, 0) is 148 Å². The van der Waals surface area contributed by atoms with E-state index in [2.05, 4.69) is 39.7 Å². The first-order valence-corrected chi connectivity index (χ1v) is 33.4. The number of benzene rings is 5. The summed E-state index contributed by atoms with van der Waals surface area (Å²) in [5, 5.41) is 0. The number of esters is 3. The smallest absolute Gasteiger partial charge is 0.343 e. The van der Waals surface area contributed by atoms with E-state index in [1.54, 1.807) is 60.7 Å². The summed E-state index contributed by atoms with van der Waals surface area (Å²) in [7, 11) is -2.97. The molecule has 0 heterocycles. The molecule has 0 spiro atoms. The molecule has 11 heteroatoms. The molecule has 5 aromatic rings. The Kier molecular flexibility index (Phi) is 24.9. The first kappa shape index (κ1) is 57.4. The van der Waals surface area contributed by atoms with Gasteiger partial charge in [0.1, 0.15) is 17.2 Å². The quantitative estimate of drug-likeness (QED) is 0.0172. The summed E-state index contributed by atoms with van der Waals surface area (Å²) in [4.78, 5) is 40.0. The standard InChI is InChI=1S/C61H82O9Si2/c1-7-8-9-10-11-12-14-17-20-26-45-65-54-38-31-50(32-39-54)59(62)67-56-42-35-52(36-43-56)61(64)69-58-48-53(49-29-24-23-25-30-49)37-44-57(58)68-60(63)51-33-40-55(41-34-51)66-46-27-21-18-15-13-16-19-22-28-47-72(5,6)70-71(2,3)4/h23-25,29-44,48H,7-22,26-28,45-47H2,1-6H3. The first-order valence-electron chi connectivity index (χ1n) is 26.9. The summed E-state index contributed by atoms with van der Waals surface area (Å²) >= 11 is 0. The van der Waals surface area contributed by atoms with Crippen molar-refractivity contribution in [2.24, 2.45) is 0 Å². The molecule has 0 radical (unpaired) electrons. The Bertz CT molecular complexity index is 2340. The molecule has 0 amide bonds. The Morgan fingerprint density at radius 1 is 0.389 bits per heavy atom. The third kappa shape index (κ3) is 22.1. The molecule has 0 aliphatic carbocycles. The number of rotatable bonds is 34. The van der Waals surface area contributed by atoms with Gasteiger partial charge < -0.3 is 27.8 Å². The predicted octanol–water partition coefficient (Wildman–Crippen LogP) is 17.3. The summed E-state index contributed by atoms with van der Waals surface area (Å²) in [6.45, 7) is 15.1. The Hall–Kier alpha value is -5.50. The second-order valence-electron chi connectivity index (χ2n) is 20.6. The van der Waals surface area contributed by atoms with Gasteiger partial charge in [-0.25, -0.2) is 14.4 Å². The number of hydrogen-bond acceptors (Lipinski definition) is 9. The van der Waals surface area contributed by atoms with Gasteiger partial charge in [0.05, 0.1) is 29.9 Å². The van der Waals surface area contributed by atoms with Crippen LogP contribution in [0.4, 0.5) is 0 Å². The summed E-state index contributed by atoms with van der Waals surface area (Å²) in [6.07, 6.45) is 23.7. The maximum Gasteiger partial charge on any atom is 0.343 e. The molecular formula is C61H82O9Si2. The van der Waals surface area contributed by atoms with Crippen molar-refractivity contribution in [3.63, 3.8) is 0 Å². The van der Waals surface area contributed by atoms with Gasteiger partial charge in [0.15, 0.2) is 28.1 Å². The summed E-state index contributed by atoms with van der Waals surface area (Å²) in [5.41, 5.74) is 2.58. The molecule has 72 heavy (non-hydrogen) atoms. The molecular weight excluding hydrogens is 933 g/mol. The van der Waals surface area contributed by atoms with Gasteiger partial charge in [0, 0.05) is 0 Å². The molecule has 0 aromatic heterocycles. The lowest BCUT2D eigenvalue weighted by atomic mass is 10.1. The fraction of sp³-hybridized carbons (Fsp3) is 0.459. The molecule has 0 unspecified atom stereocenters. The number of carbonyl (C=O) groups excluding carboxylic acids is 3. The van der Waals surface area contributed by atoms with Crippen LogP contribution in [-0.2, 0) is 4.12 Å². The zero-order valence-electron chi connectivity index (χ0n) is 44.3. The Morgan fingerprint density at radius 3 is 1.25 bits per heavy atom. The highest BCUT2D eigenvalue weighted by Crippen LogP contribution is 2.34. The Labute approximate surface area is 433 Å². The summed E-state index contributed by atoms with van der Waals surface area (Å²) < 4.78 is 35.7. The van der Waals surface area contributed by atoms with Crippen molar-refractivity contribution in [1.82, 2.24) is 0 Å². The molecule has 388 valence electrons. The highest BCUT2D eigenvalue weighted by atomic mass is 28.4. The fourth-order valence-corrected chi connectivity index (χ4v) is 16.9. The van der Waals surface area contributed by atoms with Gasteiger partial charge in [-0.15, -0.1) is 0 Å².